The molecule has 2 aromatic heterocycles. The summed E-state index contributed by atoms with van der Waals surface area (Å²) in [6.07, 6.45) is 4.97. The van der Waals surface area contributed by atoms with Crippen molar-refractivity contribution in [2.24, 2.45) is 5.73 Å². The Labute approximate surface area is 107 Å². The standard InChI is InChI=1S/C11H9N7O/c12-10(19)8-1-3-9(4-2-8)18-11(14-15-16-18)17-6-5-13-7-17/h1-7H,(H2,12,19). The Balaban J connectivity index is 2.03. The molecule has 0 bridgehead atoms. The topological polar surface area (TPSA) is 105 Å². The Morgan fingerprint density at radius 3 is 2.63 bits per heavy atom. The number of nitrogens with zero attached hydrogens (tertiary/aromatic N) is 6. The van der Waals surface area contributed by atoms with Crippen LogP contribution in [0.5, 0.6) is 0 Å². The third-order valence-corrected chi connectivity index (χ3v) is 2.58. The molecule has 0 fully saturated rings. The van der Waals surface area contributed by atoms with Crippen LogP contribution in [0, 0.1) is 0 Å². The molecule has 2 heterocycles. The van der Waals surface area contributed by atoms with E-state index in [4.69, 9.17) is 5.73 Å². The third kappa shape index (κ3) is 1.95. The molecule has 1 aromatic carbocycles. The minimum atomic E-state index is -0.474. The van der Waals surface area contributed by atoms with E-state index in [1.807, 2.05) is 0 Å². The molecular formula is C11H9N7O. The summed E-state index contributed by atoms with van der Waals surface area (Å²) in [4.78, 5) is 15.0. The summed E-state index contributed by atoms with van der Waals surface area (Å²) in [6.45, 7) is 0. The first kappa shape index (κ1) is 11.1. The average molecular weight is 255 g/mol. The number of imidazole rings is 1. The first-order valence-electron chi connectivity index (χ1n) is 5.42. The van der Waals surface area contributed by atoms with E-state index in [9.17, 15) is 4.79 Å². The van der Waals surface area contributed by atoms with E-state index in [1.165, 1.54) is 4.68 Å². The molecule has 0 aliphatic rings. The number of rotatable bonds is 3. The molecule has 0 saturated heterocycles. The van der Waals surface area contributed by atoms with Gasteiger partial charge in [-0.1, -0.05) is 5.10 Å². The van der Waals surface area contributed by atoms with Crippen molar-refractivity contribution >= 4 is 5.91 Å². The van der Waals surface area contributed by atoms with Gasteiger partial charge in [-0.15, -0.1) is 0 Å². The Hall–Kier alpha value is -3.03. The molecule has 0 saturated carbocycles. The zero-order chi connectivity index (χ0) is 13.2. The van der Waals surface area contributed by atoms with Gasteiger partial charge in [-0.05, 0) is 34.7 Å². The summed E-state index contributed by atoms with van der Waals surface area (Å²) < 4.78 is 3.22. The van der Waals surface area contributed by atoms with E-state index < -0.39 is 5.91 Å². The summed E-state index contributed by atoms with van der Waals surface area (Å²) in [7, 11) is 0. The molecule has 19 heavy (non-hydrogen) atoms. The Morgan fingerprint density at radius 2 is 2.00 bits per heavy atom. The van der Waals surface area contributed by atoms with Gasteiger partial charge in [-0.3, -0.25) is 9.36 Å². The number of tetrazole rings is 1. The second kappa shape index (κ2) is 4.33. The average Bonchev–Trinajstić information content (AvgIpc) is 3.09. The number of hydrogen-bond donors (Lipinski definition) is 1. The van der Waals surface area contributed by atoms with Crippen LogP contribution < -0.4 is 5.73 Å². The number of benzene rings is 1. The highest BCUT2D eigenvalue weighted by Gasteiger charge is 2.10. The van der Waals surface area contributed by atoms with Gasteiger partial charge in [-0.25, -0.2) is 4.98 Å². The maximum Gasteiger partial charge on any atom is 0.259 e. The van der Waals surface area contributed by atoms with Crippen molar-refractivity contribution < 1.29 is 4.79 Å². The fraction of sp³-hybridized carbons (Fsp3) is 0. The lowest BCUT2D eigenvalue weighted by Crippen LogP contribution is -2.11. The molecule has 0 aliphatic heterocycles. The number of nitrogens with two attached hydrogens (primary N) is 1. The van der Waals surface area contributed by atoms with Gasteiger partial charge >= 0.3 is 0 Å². The van der Waals surface area contributed by atoms with Crippen LogP contribution >= 0.6 is 0 Å². The van der Waals surface area contributed by atoms with Crippen molar-refractivity contribution in [2.75, 3.05) is 0 Å². The van der Waals surface area contributed by atoms with Gasteiger partial charge in [0.15, 0.2) is 0 Å². The minimum absolute atomic E-state index is 0.431. The van der Waals surface area contributed by atoms with Gasteiger partial charge in [-0.2, -0.15) is 4.68 Å². The Kier molecular flexibility index (Phi) is 2.53. The molecule has 0 unspecified atom stereocenters. The summed E-state index contributed by atoms with van der Waals surface area (Å²) in [5.74, 6) is 0.0300. The van der Waals surface area contributed by atoms with Crippen molar-refractivity contribution in [2.45, 2.75) is 0 Å². The molecule has 2 N–H and O–H groups in total. The maximum atomic E-state index is 11.0. The van der Waals surface area contributed by atoms with Gasteiger partial charge in [0.25, 0.3) is 5.95 Å². The highest BCUT2D eigenvalue weighted by molar-refractivity contribution is 5.92. The van der Waals surface area contributed by atoms with Crippen molar-refractivity contribution in [3.05, 3.63) is 48.5 Å². The lowest BCUT2D eigenvalue weighted by molar-refractivity contribution is 0.100. The molecule has 0 spiro atoms. The van der Waals surface area contributed by atoms with Crippen molar-refractivity contribution in [1.82, 2.24) is 29.8 Å². The maximum absolute atomic E-state index is 11.0. The van der Waals surface area contributed by atoms with Crippen molar-refractivity contribution in [1.29, 1.82) is 0 Å². The van der Waals surface area contributed by atoms with Gasteiger partial charge in [0.05, 0.1) is 5.69 Å². The van der Waals surface area contributed by atoms with Crippen LogP contribution in [0.4, 0.5) is 0 Å². The molecule has 1 amide bonds. The van der Waals surface area contributed by atoms with Crippen LogP contribution in [-0.2, 0) is 0 Å². The van der Waals surface area contributed by atoms with E-state index >= 15 is 0 Å². The smallest absolute Gasteiger partial charge is 0.259 e. The van der Waals surface area contributed by atoms with Crippen LogP contribution in [0.1, 0.15) is 10.4 Å². The summed E-state index contributed by atoms with van der Waals surface area (Å²) in [5, 5.41) is 11.5. The van der Waals surface area contributed by atoms with Crippen LogP contribution in [0.25, 0.3) is 11.6 Å². The molecule has 94 valence electrons. The highest BCUT2D eigenvalue weighted by atomic mass is 16.1. The zero-order valence-electron chi connectivity index (χ0n) is 9.71. The van der Waals surface area contributed by atoms with E-state index in [0.717, 1.165) is 5.69 Å². The van der Waals surface area contributed by atoms with Gasteiger partial charge in [0.1, 0.15) is 6.33 Å². The predicted molar refractivity (Wildman–Crippen MR) is 64.8 cm³/mol. The largest absolute Gasteiger partial charge is 0.366 e. The lowest BCUT2D eigenvalue weighted by Gasteiger charge is -2.04. The van der Waals surface area contributed by atoms with E-state index in [-0.39, 0.29) is 0 Å². The summed E-state index contributed by atoms with van der Waals surface area (Å²) >= 11 is 0. The Morgan fingerprint density at radius 1 is 1.21 bits per heavy atom. The van der Waals surface area contributed by atoms with Gasteiger partial charge < -0.3 is 5.73 Å². The third-order valence-electron chi connectivity index (χ3n) is 2.58. The van der Waals surface area contributed by atoms with Gasteiger partial charge in [0, 0.05) is 18.0 Å². The van der Waals surface area contributed by atoms with Crippen LogP contribution in [0.3, 0.4) is 0 Å². The van der Waals surface area contributed by atoms with Crippen LogP contribution in [0.2, 0.25) is 0 Å². The quantitative estimate of drug-likeness (QED) is 0.706. The fourth-order valence-electron chi connectivity index (χ4n) is 1.65. The van der Waals surface area contributed by atoms with E-state index in [2.05, 4.69) is 20.5 Å². The molecule has 0 atom stereocenters. The summed E-state index contributed by atoms with van der Waals surface area (Å²) in [5.41, 5.74) is 6.34. The molecule has 0 aliphatic carbocycles. The number of hydrogen-bond acceptors (Lipinski definition) is 5. The SMILES string of the molecule is NC(=O)c1ccc(-n2nnnc2-n2ccnc2)cc1. The van der Waals surface area contributed by atoms with Crippen LogP contribution in [0.15, 0.2) is 43.0 Å². The minimum Gasteiger partial charge on any atom is -0.366 e. The monoisotopic (exact) mass is 255 g/mol. The Bertz CT molecular complexity index is 699. The first-order chi connectivity index (χ1) is 9.25. The van der Waals surface area contributed by atoms with Gasteiger partial charge in [0.2, 0.25) is 5.91 Å². The molecule has 3 rings (SSSR count). The van der Waals surface area contributed by atoms with Crippen molar-refractivity contribution in [3.63, 3.8) is 0 Å². The number of amides is 1. The van der Waals surface area contributed by atoms with Crippen LogP contribution in [-0.4, -0.2) is 35.7 Å². The summed E-state index contributed by atoms with van der Waals surface area (Å²) in [6, 6.07) is 6.68. The zero-order valence-corrected chi connectivity index (χ0v) is 9.71. The number of carbonyl (C=O) groups is 1. The van der Waals surface area contributed by atoms with E-state index in [0.29, 0.717) is 11.5 Å². The van der Waals surface area contributed by atoms with Crippen molar-refractivity contribution in [3.8, 4) is 11.6 Å². The number of primary amides is 1. The second-order valence-corrected chi connectivity index (χ2v) is 3.77. The van der Waals surface area contributed by atoms with E-state index in [1.54, 1.807) is 47.6 Å². The molecule has 8 nitrogen and oxygen atoms in total. The molecule has 0 radical (unpaired) electrons. The molecule has 3 aromatic rings. The number of carbonyl (C=O) groups excluding carboxylic acids is 1. The second-order valence-electron chi connectivity index (χ2n) is 3.77. The number of aromatic nitrogens is 6. The molecule has 8 heteroatoms. The fourth-order valence-corrected chi connectivity index (χ4v) is 1.65. The normalized spacial score (nSPS) is 10.5. The molecular weight excluding hydrogens is 246 g/mol. The lowest BCUT2D eigenvalue weighted by atomic mass is 10.2. The highest BCUT2D eigenvalue weighted by Crippen LogP contribution is 2.12. The predicted octanol–water partition coefficient (Wildman–Crippen LogP) is -0.0531. The first-order valence-corrected chi connectivity index (χ1v) is 5.42.